The number of hydrogen-bond acceptors (Lipinski definition) is 2. The first kappa shape index (κ1) is 17.6. The van der Waals surface area contributed by atoms with Crippen LogP contribution in [0.5, 0.6) is 0 Å². The Hall–Kier alpha value is -1.75. The van der Waals surface area contributed by atoms with Gasteiger partial charge in [-0.15, -0.1) is 0 Å². The highest BCUT2D eigenvalue weighted by molar-refractivity contribution is 6.30. The van der Waals surface area contributed by atoms with Crippen molar-refractivity contribution in [3.63, 3.8) is 0 Å². The van der Waals surface area contributed by atoms with Gasteiger partial charge in [0.05, 0.1) is 0 Å². The lowest BCUT2D eigenvalue weighted by atomic mass is 10.1. The summed E-state index contributed by atoms with van der Waals surface area (Å²) in [4.78, 5) is 15.7. The van der Waals surface area contributed by atoms with Crippen LogP contribution in [0.4, 0.5) is 0 Å². The molecule has 0 radical (unpaired) electrons. The standard InChI is InChI=1S/C17H25ClN4O/c1-19-17(20-10-3-6-16(23)22-15-7-8-15)21-11-9-13-4-2-5-14(18)12-13/h2,4-5,12,15H,3,6-11H2,1H3,(H,22,23)(H2,19,20,21). The van der Waals surface area contributed by atoms with Crippen LogP contribution in [0, 0.1) is 0 Å². The Balaban J connectivity index is 1.56. The molecule has 126 valence electrons. The fraction of sp³-hybridized carbons (Fsp3) is 0.529. The van der Waals surface area contributed by atoms with Gasteiger partial charge in [-0.3, -0.25) is 9.79 Å². The Morgan fingerprint density at radius 3 is 2.78 bits per heavy atom. The van der Waals surface area contributed by atoms with Crippen LogP contribution in [-0.2, 0) is 11.2 Å². The van der Waals surface area contributed by atoms with E-state index in [2.05, 4.69) is 27.0 Å². The van der Waals surface area contributed by atoms with Crippen molar-refractivity contribution in [3.8, 4) is 0 Å². The van der Waals surface area contributed by atoms with E-state index < -0.39 is 0 Å². The predicted octanol–water partition coefficient (Wildman–Crippen LogP) is 2.11. The van der Waals surface area contributed by atoms with Gasteiger partial charge in [0.25, 0.3) is 0 Å². The molecule has 0 saturated heterocycles. The average molecular weight is 337 g/mol. The number of nitrogens with zero attached hydrogens (tertiary/aromatic N) is 1. The summed E-state index contributed by atoms with van der Waals surface area (Å²) in [6.45, 7) is 1.51. The molecule has 1 aromatic rings. The van der Waals surface area contributed by atoms with Crippen molar-refractivity contribution in [2.24, 2.45) is 4.99 Å². The largest absolute Gasteiger partial charge is 0.356 e. The van der Waals surface area contributed by atoms with Crippen molar-refractivity contribution in [2.75, 3.05) is 20.1 Å². The maximum absolute atomic E-state index is 11.6. The van der Waals surface area contributed by atoms with E-state index in [0.29, 0.717) is 12.5 Å². The molecular weight excluding hydrogens is 312 g/mol. The summed E-state index contributed by atoms with van der Waals surface area (Å²) in [5.41, 5.74) is 1.19. The van der Waals surface area contributed by atoms with Gasteiger partial charge in [-0.2, -0.15) is 0 Å². The number of rotatable bonds is 8. The molecular formula is C17H25ClN4O. The zero-order chi connectivity index (χ0) is 16.5. The Kier molecular flexibility index (Phi) is 7.20. The summed E-state index contributed by atoms with van der Waals surface area (Å²) >= 11 is 5.97. The molecule has 6 heteroatoms. The Morgan fingerprint density at radius 2 is 2.09 bits per heavy atom. The van der Waals surface area contributed by atoms with Gasteiger partial charge < -0.3 is 16.0 Å². The summed E-state index contributed by atoms with van der Waals surface area (Å²) in [6, 6.07) is 8.30. The molecule has 0 aromatic heterocycles. The first-order valence-corrected chi connectivity index (χ1v) is 8.53. The van der Waals surface area contributed by atoms with Gasteiger partial charge in [0.1, 0.15) is 0 Å². The van der Waals surface area contributed by atoms with Gasteiger partial charge in [0, 0.05) is 37.6 Å². The lowest BCUT2D eigenvalue weighted by Crippen LogP contribution is -2.39. The van der Waals surface area contributed by atoms with E-state index in [4.69, 9.17) is 11.6 Å². The maximum atomic E-state index is 11.6. The molecule has 0 bridgehead atoms. The van der Waals surface area contributed by atoms with Crippen LogP contribution in [0.3, 0.4) is 0 Å². The van der Waals surface area contributed by atoms with E-state index in [9.17, 15) is 4.79 Å². The molecule has 1 aromatic carbocycles. The normalized spacial score (nSPS) is 14.4. The van der Waals surface area contributed by atoms with Crippen molar-refractivity contribution in [1.82, 2.24) is 16.0 Å². The maximum Gasteiger partial charge on any atom is 0.220 e. The van der Waals surface area contributed by atoms with Crippen LogP contribution in [0.1, 0.15) is 31.2 Å². The van der Waals surface area contributed by atoms with Crippen LogP contribution < -0.4 is 16.0 Å². The summed E-state index contributed by atoms with van der Waals surface area (Å²) in [5.74, 6) is 0.910. The van der Waals surface area contributed by atoms with E-state index in [0.717, 1.165) is 49.8 Å². The quantitative estimate of drug-likeness (QED) is 0.387. The van der Waals surface area contributed by atoms with Gasteiger partial charge in [-0.25, -0.2) is 0 Å². The third-order valence-corrected chi connectivity index (χ3v) is 3.87. The molecule has 0 spiro atoms. The molecule has 0 aliphatic heterocycles. The number of halogens is 1. The predicted molar refractivity (Wildman–Crippen MR) is 94.9 cm³/mol. The monoisotopic (exact) mass is 336 g/mol. The third kappa shape index (κ3) is 7.37. The lowest BCUT2D eigenvalue weighted by molar-refractivity contribution is -0.121. The van der Waals surface area contributed by atoms with Gasteiger partial charge in [0.15, 0.2) is 5.96 Å². The van der Waals surface area contributed by atoms with Crippen molar-refractivity contribution in [2.45, 2.75) is 38.1 Å². The molecule has 1 aliphatic carbocycles. The topological polar surface area (TPSA) is 65.5 Å². The average Bonchev–Trinajstić information content (AvgIpc) is 3.33. The molecule has 1 aliphatic rings. The number of hydrogen-bond donors (Lipinski definition) is 3. The molecule has 0 heterocycles. The highest BCUT2D eigenvalue weighted by atomic mass is 35.5. The highest BCUT2D eigenvalue weighted by Gasteiger charge is 2.22. The molecule has 23 heavy (non-hydrogen) atoms. The number of benzene rings is 1. The van der Waals surface area contributed by atoms with Gasteiger partial charge in [-0.05, 0) is 43.4 Å². The fourth-order valence-corrected chi connectivity index (χ4v) is 2.43. The van der Waals surface area contributed by atoms with E-state index >= 15 is 0 Å². The number of amides is 1. The van der Waals surface area contributed by atoms with Crippen molar-refractivity contribution >= 4 is 23.5 Å². The van der Waals surface area contributed by atoms with Crippen LogP contribution in [0.2, 0.25) is 5.02 Å². The molecule has 1 amide bonds. The second-order valence-corrected chi connectivity index (χ2v) is 6.19. The van der Waals surface area contributed by atoms with E-state index in [-0.39, 0.29) is 5.91 Å². The minimum atomic E-state index is 0.151. The van der Waals surface area contributed by atoms with Gasteiger partial charge >= 0.3 is 0 Å². The first-order valence-electron chi connectivity index (χ1n) is 8.15. The van der Waals surface area contributed by atoms with Crippen LogP contribution in [0.15, 0.2) is 29.3 Å². The number of carbonyl (C=O) groups is 1. The SMILES string of the molecule is CN=C(NCCCC(=O)NC1CC1)NCCc1cccc(Cl)c1. The summed E-state index contributed by atoms with van der Waals surface area (Å²) in [6.07, 6.45) is 4.50. The molecule has 1 saturated carbocycles. The van der Waals surface area contributed by atoms with E-state index in [1.807, 2.05) is 18.2 Å². The van der Waals surface area contributed by atoms with Crippen molar-refractivity contribution in [3.05, 3.63) is 34.9 Å². The first-order chi connectivity index (χ1) is 11.2. The molecule has 3 N–H and O–H groups in total. The second kappa shape index (κ2) is 9.40. The molecule has 1 fully saturated rings. The molecule has 5 nitrogen and oxygen atoms in total. The van der Waals surface area contributed by atoms with Crippen molar-refractivity contribution < 1.29 is 4.79 Å². The lowest BCUT2D eigenvalue weighted by Gasteiger charge is -2.12. The smallest absolute Gasteiger partial charge is 0.220 e. The Bertz CT molecular complexity index is 543. The van der Waals surface area contributed by atoms with Crippen LogP contribution >= 0.6 is 11.6 Å². The zero-order valence-corrected chi connectivity index (χ0v) is 14.3. The van der Waals surface area contributed by atoms with Crippen LogP contribution in [0.25, 0.3) is 0 Å². The summed E-state index contributed by atoms with van der Waals surface area (Å²) in [5, 5.41) is 10.2. The Morgan fingerprint density at radius 1 is 1.30 bits per heavy atom. The van der Waals surface area contributed by atoms with Crippen molar-refractivity contribution in [1.29, 1.82) is 0 Å². The van der Waals surface area contributed by atoms with E-state index in [1.165, 1.54) is 5.56 Å². The molecule has 2 rings (SSSR count). The highest BCUT2D eigenvalue weighted by Crippen LogP contribution is 2.18. The zero-order valence-electron chi connectivity index (χ0n) is 13.6. The van der Waals surface area contributed by atoms with E-state index in [1.54, 1.807) is 7.05 Å². The summed E-state index contributed by atoms with van der Waals surface area (Å²) in [7, 11) is 1.74. The third-order valence-electron chi connectivity index (χ3n) is 3.63. The number of nitrogens with one attached hydrogen (secondary N) is 3. The minimum absolute atomic E-state index is 0.151. The second-order valence-electron chi connectivity index (χ2n) is 5.75. The number of aliphatic imine (C=N–C) groups is 1. The number of carbonyl (C=O) groups excluding carboxylic acids is 1. The molecule has 0 unspecified atom stereocenters. The van der Waals surface area contributed by atoms with Gasteiger partial charge in [-0.1, -0.05) is 23.7 Å². The molecule has 0 atom stereocenters. The summed E-state index contributed by atoms with van der Waals surface area (Å²) < 4.78 is 0. The minimum Gasteiger partial charge on any atom is -0.356 e. The fourth-order valence-electron chi connectivity index (χ4n) is 2.22. The number of guanidine groups is 1. The van der Waals surface area contributed by atoms with Gasteiger partial charge in [0.2, 0.25) is 5.91 Å². The Labute approximate surface area is 142 Å². The van der Waals surface area contributed by atoms with Crippen LogP contribution in [-0.4, -0.2) is 38.0 Å².